The first kappa shape index (κ1) is 11.5. The van der Waals surface area contributed by atoms with Crippen LogP contribution in [0.1, 0.15) is 5.69 Å². The minimum atomic E-state index is -0.897. The normalized spacial score (nSPS) is 11.0. The highest BCUT2D eigenvalue weighted by Crippen LogP contribution is 2.23. The number of carboxylic acid groups (broad SMARTS) is 1. The second kappa shape index (κ2) is 4.28. The van der Waals surface area contributed by atoms with E-state index in [0.29, 0.717) is 0 Å². The fraction of sp³-hybridized carbons (Fsp3) is 0.143. The van der Waals surface area contributed by atoms with Crippen molar-refractivity contribution in [2.45, 2.75) is 13.5 Å². The van der Waals surface area contributed by atoms with Gasteiger partial charge in [-0.25, -0.2) is 0 Å². The molecule has 2 N–H and O–H groups in total. The van der Waals surface area contributed by atoms with Gasteiger partial charge in [-0.3, -0.25) is 9.48 Å². The summed E-state index contributed by atoms with van der Waals surface area (Å²) in [6.07, 6.45) is 1.68. The molecule has 0 bridgehead atoms. The molecule has 0 aliphatic rings. The van der Waals surface area contributed by atoms with Crippen molar-refractivity contribution in [2.75, 3.05) is 0 Å². The number of fused-ring (bicyclic) bond motifs is 1. The van der Waals surface area contributed by atoms with Gasteiger partial charge in [-0.1, -0.05) is 6.07 Å². The van der Waals surface area contributed by atoms with Gasteiger partial charge in [0.1, 0.15) is 6.54 Å². The maximum atomic E-state index is 10.6. The molecule has 3 aromatic rings. The van der Waals surface area contributed by atoms with Crippen LogP contribution in [0.15, 0.2) is 36.5 Å². The van der Waals surface area contributed by atoms with Gasteiger partial charge in [0.2, 0.25) is 0 Å². The molecule has 0 spiro atoms. The Balaban J connectivity index is 1.98. The molecule has 0 fully saturated rings. The standard InChI is InChI=1S/C14H13N3O2/c1-9-6-11-7-10(2-3-12(11)15-9)13-4-5-17(16-13)8-14(18)19/h2-7,15H,8H2,1H3,(H,18,19). The number of H-pyrrole nitrogens is 1. The molecular formula is C14H13N3O2. The van der Waals surface area contributed by atoms with Gasteiger partial charge in [-0.2, -0.15) is 5.10 Å². The minimum Gasteiger partial charge on any atom is -0.480 e. The lowest BCUT2D eigenvalue weighted by Gasteiger charge is -1.98. The molecule has 0 aliphatic heterocycles. The molecule has 0 atom stereocenters. The number of carbonyl (C=O) groups is 1. The van der Waals surface area contributed by atoms with Crippen LogP contribution in [0, 0.1) is 6.92 Å². The Kier molecular flexibility index (Phi) is 2.59. The topological polar surface area (TPSA) is 70.9 Å². The number of rotatable bonds is 3. The number of aryl methyl sites for hydroxylation is 1. The molecule has 0 radical (unpaired) electrons. The third kappa shape index (κ3) is 2.22. The molecule has 0 saturated carbocycles. The van der Waals surface area contributed by atoms with E-state index in [1.807, 2.05) is 31.2 Å². The lowest BCUT2D eigenvalue weighted by atomic mass is 10.1. The summed E-state index contributed by atoms with van der Waals surface area (Å²) in [6.45, 7) is 1.90. The van der Waals surface area contributed by atoms with Gasteiger partial charge in [0.05, 0.1) is 5.69 Å². The smallest absolute Gasteiger partial charge is 0.325 e. The molecule has 1 aromatic carbocycles. The zero-order chi connectivity index (χ0) is 13.4. The quantitative estimate of drug-likeness (QED) is 0.755. The van der Waals surface area contributed by atoms with Crippen molar-refractivity contribution < 1.29 is 9.90 Å². The number of hydrogen-bond donors (Lipinski definition) is 2. The first-order valence-corrected chi connectivity index (χ1v) is 5.97. The largest absolute Gasteiger partial charge is 0.480 e. The third-order valence-corrected chi connectivity index (χ3v) is 2.99. The van der Waals surface area contributed by atoms with Crippen molar-refractivity contribution >= 4 is 16.9 Å². The average Bonchev–Trinajstić information content (AvgIpc) is 2.92. The summed E-state index contributed by atoms with van der Waals surface area (Å²) in [5.74, 6) is -0.897. The van der Waals surface area contributed by atoms with E-state index in [2.05, 4.69) is 16.1 Å². The molecule has 96 valence electrons. The van der Waals surface area contributed by atoms with Crippen molar-refractivity contribution in [3.05, 3.63) is 42.2 Å². The highest BCUT2D eigenvalue weighted by molar-refractivity contribution is 5.85. The number of nitrogens with zero attached hydrogens (tertiary/aromatic N) is 2. The molecule has 2 heterocycles. The fourth-order valence-electron chi connectivity index (χ4n) is 2.18. The van der Waals surface area contributed by atoms with Crippen LogP contribution in [0.2, 0.25) is 0 Å². The molecule has 0 saturated heterocycles. The molecule has 5 heteroatoms. The number of carboxylic acids is 1. The van der Waals surface area contributed by atoms with Gasteiger partial charge in [-0.15, -0.1) is 0 Å². The summed E-state index contributed by atoms with van der Waals surface area (Å²) >= 11 is 0. The van der Waals surface area contributed by atoms with Crippen molar-refractivity contribution in [2.24, 2.45) is 0 Å². The van der Waals surface area contributed by atoms with Crippen LogP contribution in [0.25, 0.3) is 22.2 Å². The van der Waals surface area contributed by atoms with Crippen LogP contribution in [0.5, 0.6) is 0 Å². The predicted octanol–water partition coefficient (Wildman–Crippen LogP) is 2.42. The minimum absolute atomic E-state index is 0.120. The predicted molar refractivity (Wildman–Crippen MR) is 71.9 cm³/mol. The molecule has 5 nitrogen and oxygen atoms in total. The zero-order valence-electron chi connectivity index (χ0n) is 10.4. The van der Waals surface area contributed by atoms with Gasteiger partial charge in [0, 0.05) is 28.4 Å². The summed E-state index contributed by atoms with van der Waals surface area (Å²) in [4.78, 5) is 13.9. The second-order valence-electron chi connectivity index (χ2n) is 4.55. The number of aromatic amines is 1. The summed E-state index contributed by atoms with van der Waals surface area (Å²) < 4.78 is 1.42. The van der Waals surface area contributed by atoms with E-state index < -0.39 is 5.97 Å². The van der Waals surface area contributed by atoms with Gasteiger partial charge >= 0.3 is 5.97 Å². The van der Waals surface area contributed by atoms with Crippen molar-refractivity contribution in [3.8, 4) is 11.3 Å². The van der Waals surface area contributed by atoms with Crippen LogP contribution in [-0.2, 0) is 11.3 Å². The SMILES string of the molecule is Cc1cc2cc(-c3ccn(CC(=O)O)n3)ccc2[nH]1. The Bertz CT molecular complexity index is 755. The van der Waals surface area contributed by atoms with E-state index in [9.17, 15) is 4.79 Å². The first-order chi connectivity index (χ1) is 9.11. The van der Waals surface area contributed by atoms with Crippen LogP contribution < -0.4 is 0 Å². The number of nitrogens with one attached hydrogen (secondary N) is 1. The number of hydrogen-bond acceptors (Lipinski definition) is 2. The van der Waals surface area contributed by atoms with E-state index >= 15 is 0 Å². The average molecular weight is 255 g/mol. The first-order valence-electron chi connectivity index (χ1n) is 5.97. The van der Waals surface area contributed by atoms with Gasteiger partial charge < -0.3 is 10.1 Å². The molecule has 3 rings (SSSR count). The Hall–Kier alpha value is -2.56. The maximum absolute atomic E-state index is 10.6. The Morgan fingerprint density at radius 2 is 2.21 bits per heavy atom. The molecule has 19 heavy (non-hydrogen) atoms. The lowest BCUT2D eigenvalue weighted by Crippen LogP contribution is -2.08. The van der Waals surface area contributed by atoms with Gasteiger partial charge in [-0.05, 0) is 31.2 Å². The monoisotopic (exact) mass is 255 g/mol. The second-order valence-corrected chi connectivity index (χ2v) is 4.55. The van der Waals surface area contributed by atoms with E-state index in [4.69, 9.17) is 5.11 Å². The van der Waals surface area contributed by atoms with Crippen molar-refractivity contribution in [1.29, 1.82) is 0 Å². The van der Waals surface area contributed by atoms with Gasteiger partial charge in [0.25, 0.3) is 0 Å². The van der Waals surface area contributed by atoms with E-state index in [1.165, 1.54) is 4.68 Å². The van der Waals surface area contributed by atoms with E-state index in [1.54, 1.807) is 6.20 Å². The Morgan fingerprint density at radius 1 is 1.37 bits per heavy atom. The van der Waals surface area contributed by atoms with Crippen molar-refractivity contribution in [1.82, 2.24) is 14.8 Å². The van der Waals surface area contributed by atoms with Crippen LogP contribution in [0.3, 0.4) is 0 Å². The van der Waals surface area contributed by atoms with E-state index in [0.717, 1.165) is 27.9 Å². The van der Waals surface area contributed by atoms with E-state index in [-0.39, 0.29) is 6.54 Å². The maximum Gasteiger partial charge on any atom is 0.325 e. The number of benzene rings is 1. The molecular weight excluding hydrogens is 242 g/mol. The summed E-state index contributed by atoms with van der Waals surface area (Å²) in [6, 6.07) is 9.93. The number of aliphatic carboxylic acids is 1. The molecule has 0 aliphatic carbocycles. The Morgan fingerprint density at radius 3 is 3.00 bits per heavy atom. The van der Waals surface area contributed by atoms with Crippen molar-refractivity contribution in [3.63, 3.8) is 0 Å². The highest BCUT2D eigenvalue weighted by atomic mass is 16.4. The fourth-order valence-corrected chi connectivity index (χ4v) is 2.18. The molecule has 2 aromatic heterocycles. The zero-order valence-corrected chi connectivity index (χ0v) is 10.4. The number of aromatic nitrogens is 3. The van der Waals surface area contributed by atoms with Crippen LogP contribution >= 0.6 is 0 Å². The van der Waals surface area contributed by atoms with Crippen LogP contribution in [0.4, 0.5) is 0 Å². The lowest BCUT2D eigenvalue weighted by molar-refractivity contribution is -0.137. The summed E-state index contributed by atoms with van der Waals surface area (Å²) in [5, 5.41) is 14.1. The third-order valence-electron chi connectivity index (χ3n) is 2.99. The van der Waals surface area contributed by atoms with Crippen LogP contribution in [-0.4, -0.2) is 25.8 Å². The van der Waals surface area contributed by atoms with Gasteiger partial charge in [0.15, 0.2) is 0 Å². The molecule has 0 unspecified atom stereocenters. The summed E-state index contributed by atoms with van der Waals surface area (Å²) in [7, 11) is 0. The highest BCUT2D eigenvalue weighted by Gasteiger charge is 2.06. The molecule has 0 amide bonds. The Labute approximate surface area is 109 Å². The summed E-state index contributed by atoms with van der Waals surface area (Å²) in [5.41, 5.74) is 3.97.